The van der Waals surface area contributed by atoms with Crippen LogP contribution in [-0.2, 0) is 25.9 Å². The van der Waals surface area contributed by atoms with Gasteiger partial charge in [0, 0.05) is 13.4 Å². The number of fused-ring (bicyclic) bond motifs is 1. The van der Waals surface area contributed by atoms with Gasteiger partial charge in [-0.1, -0.05) is 6.07 Å². The number of H-pyrrole nitrogens is 1. The van der Waals surface area contributed by atoms with Crippen LogP contribution in [0.5, 0.6) is 0 Å². The number of ether oxygens (including phenoxy) is 2. The molecule has 7 heteroatoms. The smallest absolute Gasteiger partial charge is 0.177 e. The Kier molecular flexibility index (Phi) is 4.18. The maximum atomic E-state index is 11.7. The Hall–Kier alpha value is -1.44. The van der Waals surface area contributed by atoms with Crippen LogP contribution in [0.2, 0.25) is 0 Å². The minimum atomic E-state index is -3.29. The number of rotatable bonds is 6. The van der Waals surface area contributed by atoms with Crippen molar-refractivity contribution >= 4 is 20.9 Å². The Bertz CT molecular complexity index is 663. The number of aromatic amines is 1. The van der Waals surface area contributed by atoms with E-state index in [1.165, 1.54) is 6.26 Å². The number of aromatic nitrogens is 2. The fourth-order valence-electron chi connectivity index (χ4n) is 1.74. The van der Waals surface area contributed by atoms with Crippen LogP contribution >= 0.6 is 0 Å². The predicted molar refractivity (Wildman–Crippen MR) is 70.7 cm³/mol. The second kappa shape index (κ2) is 5.68. The van der Waals surface area contributed by atoms with Crippen molar-refractivity contribution < 1.29 is 17.9 Å². The van der Waals surface area contributed by atoms with Crippen LogP contribution in [0.4, 0.5) is 0 Å². The molecule has 0 aliphatic carbocycles. The summed E-state index contributed by atoms with van der Waals surface area (Å²) in [7, 11) is -1.69. The van der Waals surface area contributed by atoms with Gasteiger partial charge in [0.05, 0.1) is 23.6 Å². The zero-order chi connectivity index (χ0) is 13.9. The van der Waals surface area contributed by atoms with E-state index in [1.807, 2.05) is 0 Å². The molecule has 1 aromatic heterocycles. The maximum absolute atomic E-state index is 11.7. The summed E-state index contributed by atoms with van der Waals surface area (Å²) in [4.78, 5) is 7.55. The van der Waals surface area contributed by atoms with Crippen LogP contribution in [0, 0.1) is 0 Å². The Balaban J connectivity index is 2.26. The molecule has 1 N–H and O–H groups in total. The van der Waals surface area contributed by atoms with E-state index in [0.29, 0.717) is 36.7 Å². The Labute approximate surface area is 111 Å². The van der Waals surface area contributed by atoms with Crippen molar-refractivity contribution in [3.8, 4) is 0 Å². The minimum absolute atomic E-state index is 0.226. The first-order chi connectivity index (χ1) is 9.02. The van der Waals surface area contributed by atoms with E-state index in [4.69, 9.17) is 9.47 Å². The Morgan fingerprint density at radius 2 is 2.11 bits per heavy atom. The molecule has 0 aliphatic rings. The number of hydrogen-bond acceptors (Lipinski definition) is 5. The Morgan fingerprint density at radius 1 is 1.32 bits per heavy atom. The number of nitrogens with zero attached hydrogens (tertiary/aromatic N) is 1. The van der Waals surface area contributed by atoms with E-state index in [0.717, 1.165) is 0 Å². The standard InChI is InChI=1S/C12H16N2O4S/c1-17-6-7-18-8-11-13-9-4-3-5-10(12(9)14-11)19(2,15)16/h3-5H,6-8H2,1-2H3,(H,13,14). The molecule has 0 unspecified atom stereocenters. The van der Waals surface area contributed by atoms with Gasteiger partial charge in [0.1, 0.15) is 17.9 Å². The molecule has 2 rings (SSSR count). The second-order valence-corrected chi connectivity index (χ2v) is 6.14. The van der Waals surface area contributed by atoms with Crippen LogP contribution in [0.1, 0.15) is 5.82 Å². The monoisotopic (exact) mass is 284 g/mol. The molecule has 0 saturated carbocycles. The summed E-state index contributed by atoms with van der Waals surface area (Å²) in [6, 6.07) is 5.02. The van der Waals surface area contributed by atoms with Gasteiger partial charge in [-0.15, -0.1) is 0 Å². The average molecular weight is 284 g/mol. The summed E-state index contributed by atoms with van der Waals surface area (Å²) in [6.07, 6.45) is 1.17. The SMILES string of the molecule is COCCOCc1nc2c(S(C)(=O)=O)cccc2[nH]1. The van der Waals surface area contributed by atoms with Gasteiger partial charge in [0.2, 0.25) is 0 Å². The fraction of sp³-hybridized carbons (Fsp3) is 0.417. The van der Waals surface area contributed by atoms with E-state index < -0.39 is 9.84 Å². The van der Waals surface area contributed by atoms with Crippen molar-refractivity contribution in [3.63, 3.8) is 0 Å². The number of nitrogens with one attached hydrogen (secondary N) is 1. The topological polar surface area (TPSA) is 81.3 Å². The third kappa shape index (κ3) is 3.31. The van der Waals surface area contributed by atoms with E-state index in [2.05, 4.69) is 9.97 Å². The van der Waals surface area contributed by atoms with Gasteiger partial charge < -0.3 is 14.5 Å². The minimum Gasteiger partial charge on any atom is -0.382 e. The van der Waals surface area contributed by atoms with Crippen molar-refractivity contribution in [2.45, 2.75) is 11.5 Å². The molecule has 0 spiro atoms. The summed E-state index contributed by atoms with van der Waals surface area (Å²) >= 11 is 0. The molecule has 0 radical (unpaired) electrons. The second-order valence-electron chi connectivity index (χ2n) is 4.15. The third-order valence-corrected chi connectivity index (χ3v) is 3.72. The van der Waals surface area contributed by atoms with Crippen LogP contribution < -0.4 is 0 Å². The summed E-state index contributed by atoms with van der Waals surface area (Å²) in [5.41, 5.74) is 1.14. The van der Waals surface area contributed by atoms with Gasteiger partial charge in [-0.05, 0) is 12.1 Å². The molecule has 1 aromatic carbocycles. The van der Waals surface area contributed by atoms with Crippen molar-refractivity contribution in [1.29, 1.82) is 0 Å². The average Bonchev–Trinajstić information content (AvgIpc) is 2.75. The number of methoxy groups -OCH3 is 1. The number of sulfone groups is 1. The number of imidazole rings is 1. The quantitative estimate of drug-likeness (QED) is 0.804. The van der Waals surface area contributed by atoms with Crippen LogP contribution in [-0.4, -0.2) is 45.0 Å². The maximum Gasteiger partial charge on any atom is 0.177 e. The van der Waals surface area contributed by atoms with Gasteiger partial charge in [0.25, 0.3) is 0 Å². The molecule has 104 valence electrons. The lowest BCUT2D eigenvalue weighted by molar-refractivity contribution is 0.0590. The lowest BCUT2D eigenvalue weighted by Gasteiger charge is -1.99. The van der Waals surface area contributed by atoms with Gasteiger partial charge in [-0.2, -0.15) is 0 Å². The Morgan fingerprint density at radius 3 is 2.79 bits per heavy atom. The largest absolute Gasteiger partial charge is 0.382 e. The van der Waals surface area contributed by atoms with Gasteiger partial charge in [-0.25, -0.2) is 13.4 Å². The number of benzene rings is 1. The summed E-state index contributed by atoms with van der Waals surface area (Å²) in [5.74, 6) is 0.599. The molecule has 0 bridgehead atoms. The van der Waals surface area contributed by atoms with E-state index in [9.17, 15) is 8.42 Å². The normalized spacial score (nSPS) is 12.1. The molecule has 19 heavy (non-hydrogen) atoms. The van der Waals surface area contributed by atoms with Crippen molar-refractivity contribution in [2.24, 2.45) is 0 Å². The van der Waals surface area contributed by atoms with Gasteiger partial charge in [0.15, 0.2) is 9.84 Å². The van der Waals surface area contributed by atoms with Crippen LogP contribution in [0.25, 0.3) is 11.0 Å². The summed E-state index contributed by atoms with van der Waals surface area (Å²) in [5, 5.41) is 0. The first-order valence-corrected chi connectivity index (χ1v) is 7.66. The van der Waals surface area contributed by atoms with E-state index in [1.54, 1.807) is 25.3 Å². The highest BCUT2D eigenvalue weighted by Crippen LogP contribution is 2.21. The highest BCUT2D eigenvalue weighted by molar-refractivity contribution is 7.91. The summed E-state index contributed by atoms with van der Waals surface area (Å²) in [6.45, 7) is 1.27. The molecule has 0 fully saturated rings. The highest BCUT2D eigenvalue weighted by Gasteiger charge is 2.14. The third-order valence-electron chi connectivity index (χ3n) is 2.59. The first kappa shape index (κ1) is 14.0. The summed E-state index contributed by atoms with van der Waals surface area (Å²) < 4.78 is 33.5. The van der Waals surface area contributed by atoms with Crippen LogP contribution in [0.15, 0.2) is 23.1 Å². The molecule has 6 nitrogen and oxygen atoms in total. The van der Waals surface area contributed by atoms with E-state index >= 15 is 0 Å². The molecule has 0 atom stereocenters. The lowest BCUT2D eigenvalue weighted by Crippen LogP contribution is -2.02. The zero-order valence-electron chi connectivity index (χ0n) is 10.8. The fourth-order valence-corrected chi connectivity index (χ4v) is 2.57. The van der Waals surface area contributed by atoms with Crippen LogP contribution in [0.3, 0.4) is 0 Å². The number of hydrogen-bond donors (Lipinski definition) is 1. The zero-order valence-corrected chi connectivity index (χ0v) is 11.7. The molecule has 2 aromatic rings. The van der Waals surface area contributed by atoms with Crippen molar-refractivity contribution in [3.05, 3.63) is 24.0 Å². The molecule has 1 heterocycles. The van der Waals surface area contributed by atoms with Gasteiger partial charge in [-0.3, -0.25) is 0 Å². The molecule has 0 amide bonds. The molecular weight excluding hydrogens is 268 g/mol. The highest BCUT2D eigenvalue weighted by atomic mass is 32.2. The first-order valence-electron chi connectivity index (χ1n) is 5.76. The lowest BCUT2D eigenvalue weighted by atomic mass is 10.3. The number of para-hydroxylation sites is 1. The predicted octanol–water partition coefficient (Wildman–Crippen LogP) is 1.13. The van der Waals surface area contributed by atoms with Gasteiger partial charge >= 0.3 is 0 Å². The molecule has 0 aliphatic heterocycles. The van der Waals surface area contributed by atoms with Crippen molar-refractivity contribution in [1.82, 2.24) is 9.97 Å². The van der Waals surface area contributed by atoms with Crippen molar-refractivity contribution in [2.75, 3.05) is 26.6 Å². The van der Waals surface area contributed by atoms with E-state index in [-0.39, 0.29) is 4.90 Å². The molecule has 0 saturated heterocycles. The molecular formula is C12H16N2O4S.